The summed E-state index contributed by atoms with van der Waals surface area (Å²) in [6.45, 7) is 0. The molecule has 4 aromatic rings. The normalized spacial score (nSPS) is 15.5. The number of ether oxygens (including phenoxy) is 1. The zero-order valence-corrected chi connectivity index (χ0v) is 21.2. The number of methoxy groups -OCH3 is 1. The Morgan fingerprint density at radius 3 is 2.45 bits per heavy atom. The van der Waals surface area contributed by atoms with Gasteiger partial charge in [-0.15, -0.1) is 0 Å². The average molecular weight is 532 g/mol. The molecule has 0 saturated heterocycles. The van der Waals surface area contributed by atoms with Crippen molar-refractivity contribution in [2.75, 3.05) is 23.8 Å². The van der Waals surface area contributed by atoms with E-state index in [-0.39, 0.29) is 28.1 Å². The average Bonchev–Trinajstić information content (AvgIpc) is 3.69. The third kappa shape index (κ3) is 3.56. The molecular weight excluding hydrogens is 510 g/mol. The molecule has 0 unspecified atom stereocenters. The standard InChI is InChI=1S/C26H21N5O6S/c1-30-22-14-27-20-8-3-15(11-19(20)23(22)26(9-10-26)25(30)32)16-12-21(24(37-2)28-13-16)29-38(35,36)18-6-4-17(5-7-18)31(33)34/h3-8,11-14,29H,9-10H2,1-2H3. The van der Waals surface area contributed by atoms with Gasteiger partial charge < -0.3 is 9.64 Å². The number of pyridine rings is 2. The second-order valence-electron chi connectivity index (χ2n) is 9.33. The molecule has 1 amide bonds. The molecule has 11 nitrogen and oxygen atoms in total. The van der Waals surface area contributed by atoms with Gasteiger partial charge in [0.05, 0.1) is 39.7 Å². The zero-order valence-electron chi connectivity index (χ0n) is 20.3. The molecule has 1 spiro atoms. The third-order valence-corrected chi connectivity index (χ3v) is 8.51. The molecule has 1 saturated carbocycles. The molecule has 1 N–H and O–H groups in total. The van der Waals surface area contributed by atoms with Gasteiger partial charge in [-0.2, -0.15) is 0 Å². The highest BCUT2D eigenvalue weighted by molar-refractivity contribution is 7.92. The molecule has 12 heteroatoms. The number of carbonyl (C=O) groups excluding carboxylic acids is 1. The smallest absolute Gasteiger partial charge is 0.269 e. The van der Waals surface area contributed by atoms with Crippen LogP contribution in [0.4, 0.5) is 17.1 Å². The quantitative estimate of drug-likeness (QED) is 0.290. The van der Waals surface area contributed by atoms with E-state index in [1.807, 2.05) is 18.2 Å². The second-order valence-corrected chi connectivity index (χ2v) is 11.0. The van der Waals surface area contributed by atoms with Gasteiger partial charge in [-0.25, -0.2) is 13.4 Å². The van der Waals surface area contributed by atoms with Crippen LogP contribution in [-0.4, -0.2) is 43.4 Å². The molecule has 2 aromatic heterocycles. The van der Waals surface area contributed by atoms with E-state index in [9.17, 15) is 23.3 Å². The topological polar surface area (TPSA) is 145 Å². The maximum Gasteiger partial charge on any atom is 0.269 e. The first-order chi connectivity index (χ1) is 18.1. The number of nitrogens with zero attached hydrogens (tertiary/aromatic N) is 4. The predicted molar refractivity (Wildman–Crippen MR) is 140 cm³/mol. The molecule has 1 fully saturated rings. The molecule has 0 atom stereocenters. The number of aromatic nitrogens is 2. The van der Waals surface area contributed by atoms with Crippen molar-refractivity contribution in [3.05, 3.63) is 76.6 Å². The Morgan fingerprint density at radius 1 is 1.05 bits per heavy atom. The second kappa shape index (κ2) is 8.21. The van der Waals surface area contributed by atoms with Gasteiger partial charge in [0.15, 0.2) is 0 Å². The molecule has 0 radical (unpaired) electrons. The van der Waals surface area contributed by atoms with Crippen LogP contribution in [0.25, 0.3) is 22.0 Å². The Bertz CT molecular complexity index is 1770. The minimum atomic E-state index is -4.10. The zero-order chi connectivity index (χ0) is 26.8. The number of amides is 1. The number of benzene rings is 2. The third-order valence-electron chi connectivity index (χ3n) is 7.13. The highest BCUT2D eigenvalue weighted by Crippen LogP contribution is 2.58. The van der Waals surface area contributed by atoms with E-state index in [0.29, 0.717) is 5.56 Å². The number of rotatable bonds is 6. The Labute approximate surface area is 217 Å². The van der Waals surface area contributed by atoms with Crippen molar-refractivity contribution in [2.45, 2.75) is 23.2 Å². The lowest BCUT2D eigenvalue weighted by atomic mass is 9.92. The van der Waals surface area contributed by atoms with Crippen LogP contribution in [0, 0.1) is 10.1 Å². The molecule has 38 heavy (non-hydrogen) atoms. The fourth-order valence-electron chi connectivity index (χ4n) is 5.04. The van der Waals surface area contributed by atoms with Crippen LogP contribution in [-0.2, 0) is 20.2 Å². The first kappa shape index (κ1) is 23.8. The molecule has 2 aromatic carbocycles. The molecule has 192 valence electrons. The highest BCUT2D eigenvalue weighted by Gasteiger charge is 2.59. The van der Waals surface area contributed by atoms with Crippen molar-refractivity contribution in [1.29, 1.82) is 0 Å². The Hall–Kier alpha value is -4.58. The lowest BCUT2D eigenvalue weighted by Crippen LogP contribution is -2.28. The largest absolute Gasteiger partial charge is 0.480 e. The van der Waals surface area contributed by atoms with E-state index in [1.165, 1.54) is 7.11 Å². The van der Waals surface area contributed by atoms with Crippen molar-refractivity contribution in [3.8, 4) is 17.0 Å². The Morgan fingerprint density at radius 2 is 1.79 bits per heavy atom. The molecule has 2 aliphatic rings. The van der Waals surface area contributed by atoms with Gasteiger partial charge in [0, 0.05) is 41.9 Å². The summed E-state index contributed by atoms with van der Waals surface area (Å²) in [5.41, 5.74) is 3.33. The number of likely N-dealkylation sites (N-methyl/N-ethyl adjacent to an activating group) is 1. The number of sulfonamides is 1. The molecule has 3 heterocycles. The lowest BCUT2D eigenvalue weighted by Gasteiger charge is -2.14. The van der Waals surface area contributed by atoms with Crippen LogP contribution in [0.1, 0.15) is 18.4 Å². The molecular formula is C26H21N5O6S. The Kier molecular flexibility index (Phi) is 5.14. The van der Waals surface area contributed by atoms with Gasteiger partial charge in [0.2, 0.25) is 11.8 Å². The minimum Gasteiger partial charge on any atom is -0.480 e. The summed E-state index contributed by atoms with van der Waals surface area (Å²) < 4.78 is 33.8. The highest BCUT2D eigenvalue weighted by atomic mass is 32.2. The van der Waals surface area contributed by atoms with Crippen LogP contribution in [0.15, 0.2) is 65.8 Å². The summed E-state index contributed by atoms with van der Waals surface area (Å²) in [4.78, 5) is 33.6. The summed E-state index contributed by atoms with van der Waals surface area (Å²) in [5, 5.41) is 11.8. The number of non-ortho nitro benzene ring substituents is 1. The van der Waals surface area contributed by atoms with E-state index in [1.54, 1.807) is 30.4 Å². The summed E-state index contributed by atoms with van der Waals surface area (Å²) in [6.07, 6.45) is 4.91. The summed E-state index contributed by atoms with van der Waals surface area (Å²) in [7, 11) is -0.955. The number of nitro groups is 1. The predicted octanol–water partition coefficient (Wildman–Crippen LogP) is 4.02. The summed E-state index contributed by atoms with van der Waals surface area (Å²) in [5.74, 6) is 0.146. The lowest BCUT2D eigenvalue weighted by molar-refractivity contribution is -0.384. The van der Waals surface area contributed by atoms with Gasteiger partial charge in [-0.1, -0.05) is 6.07 Å². The number of nitro benzene ring substituents is 1. The fourth-order valence-corrected chi connectivity index (χ4v) is 6.09. The number of carbonyl (C=O) groups is 1. The van der Waals surface area contributed by atoms with Crippen molar-refractivity contribution in [1.82, 2.24) is 9.97 Å². The number of hydrogen-bond donors (Lipinski definition) is 1. The van der Waals surface area contributed by atoms with E-state index < -0.39 is 20.4 Å². The SMILES string of the molecule is COc1ncc(-c2ccc3ncc4c(c3c2)C2(CC2)C(=O)N4C)cc1NS(=O)(=O)c1ccc([N+](=O)[O-])cc1. The van der Waals surface area contributed by atoms with Gasteiger partial charge >= 0.3 is 0 Å². The van der Waals surface area contributed by atoms with E-state index in [2.05, 4.69) is 14.7 Å². The monoisotopic (exact) mass is 531 g/mol. The van der Waals surface area contributed by atoms with E-state index in [0.717, 1.165) is 64.8 Å². The van der Waals surface area contributed by atoms with Crippen molar-refractivity contribution >= 4 is 43.9 Å². The fraction of sp³-hybridized carbons (Fsp3) is 0.192. The van der Waals surface area contributed by atoms with Crippen LogP contribution < -0.4 is 14.4 Å². The molecule has 0 bridgehead atoms. The van der Waals surface area contributed by atoms with Crippen molar-refractivity contribution < 1.29 is 22.9 Å². The van der Waals surface area contributed by atoms with Crippen molar-refractivity contribution in [2.24, 2.45) is 0 Å². The Balaban J connectivity index is 1.41. The maximum absolute atomic E-state index is 13.0. The van der Waals surface area contributed by atoms with Gasteiger partial charge in [0.25, 0.3) is 15.7 Å². The summed E-state index contributed by atoms with van der Waals surface area (Å²) in [6, 6.07) is 11.9. The number of nitrogens with one attached hydrogen (secondary N) is 1. The minimum absolute atomic E-state index is 0.0618. The first-order valence-electron chi connectivity index (χ1n) is 11.7. The van der Waals surface area contributed by atoms with Crippen LogP contribution >= 0.6 is 0 Å². The van der Waals surface area contributed by atoms with Gasteiger partial charge in [-0.05, 0) is 48.7 Å². The van der Waals surface area contributed by atoms with Gasteiger partial charge in [0.1, 0.15) is 5.69 Å². The van der Waals surface area contributed by atoms with Gasteiger partial charge in [-0.3, -0.25) is 24.6 Å². The number of anilines is 2. The van der Waals surface area contributed by atoms with Crippen LogP contribution in [0.5, 0.6) is 5.88 Å². The molecule has 6 rings (SSSR count). The molecule has 1 aliphatic heterocycles. The van der Waals surface area contributed by atoms with E-state index >= 15 is 0 Å². The van der Waals surface area contributed by atoms with Crippen molar-refractivity contribution in [3.63, 3.8) is 0 Å². The van der Waals surface area contributed by atoms with Crippen LogP contribution in [0.3, 0.4) is 0 Å². The van der Waals surface area contributed by atoms with E-state index in [4.69, 9.17) is 4.74 Å². The number of fused-ring (bicyclic) bond motifs is 4. The molecule has 1 aliphatic carbocycles. The summed E-state index contributed by atoms with van der Waals surface area (Å²) >= 11 is 0. The maximum atomic E-state index is 13.0. The van der Waals surface area contributed by atoms with Crippen LogP contribution in [0.2, 0.25) is 0 Å². The number of hydrogen-bond acceptors (Lipinski definition) is 8. The first-order valence-corrected chi connectivity index (χ1v) is 13.2.